The Kier molecular flexibility index (Phi) is 7.28. The topological polar surface area (TPSA) is 58.5 Å². The molecule has 1 fully saturated rings. The monoisotopic (exact) mass is 486 g/mol. The van der Waals surface area contributed by atoms with E-state index in [1.165, 1.54) is 23.3 Å². The predicted octanol–water partition coefficient (Wildman–Crippen LogP) is 3.78. The molecule has 2 aromatic rings. The summed E-state index contributed by atoms with van der Waals surface area (Å²) in [5, 5.41) is 7.99. The van der Waals surface area contributed by atoms with Crippen molar-refractivity contribution in [1.29, 1.82) is 0 Å². The first-order chi connectivity index (χ1) is 12.1. The number of nitrogens with zero attached hydrogens (tertiary/aromatic N) is 2. The first-order valence-corrected chi connectivity index (χ1v) is 9.40. The van der Waals surface area contributed by atoms with E-state index in [9.17, 15) is 0 Å². The fraction of sp³-hybridized carbons (Fsp3) is 0.474. The Morgan fingerprint density at radius 1 is 1.27 bits per heavy atom. The number of aromatic nitrogens is 1. The van der Waals surface area contributed by atoms with Crippen LogP contribution in [-0.2, 0) is 12.0 Å². The number of ether oxygens (including phenoxy) is 1. The zero-order chi connectivity index (χ0) is 17.9. The van der Waals surface area contributed by atoms with E-state index in [0.717, 1.165) is 35.5 Å². The van der Waals surface area contributed by atoms with Gasteiger partial charge in [-0.1, -0.05) is 18.2 Å². The molecule has 1 heterocycles. The maximum atomic E-state index is 5.55. The molecule has 0 saturated heterocycles. The lowest BCUT2D eigenvalue weighted by molar-refractivity contribution is 0.403. The van der Waals surface area contributed by atoms with Crippen LogP contribution in [0.1, 0.15) is 34.0 Å². The van der Waals surface area contributed by atoms with E-state index in [-0.39, 0.29) is 29.4 Å². The third-order valence-electron chi connectivity index (χ3n) is 4.77. The van der Waals surface area contributed by atoms with Gasteiger partial charge in [0, 0.05) is 29.4 Å². The zero-order valence-corrected chi connectivity index (χ0v) is 18.9. The molecular weight excluding hydrogens is 459 g/mol. The van der Waals surface area contributed by atoms with Crippen molar-refractivity contribution in [2.45, 2.75) is 38.6 Å². The van der Waals surface area contributed by atoms with Gasteiger partial charge in [0.25, 0.3) is 0 Å². The summed E-state index contributed by atoms with van der Waals surface area (Å²) in [6.07, 6.45) is 2.34. The number of benzene rings is 1. The van der Waals surface area contributed by atoms with E-state index < -0.39 is 0 Å². The minimum Gasteiger partial charge on any atom is -0.496 e. The van der Waals surface area contributed by atoms with Gasteiger partial charge in [0.15, 0.2) is 5.96 Å². The second kappa shape index (κ2) is 9.03. The standard InChI is InChI=1S/C19H26N4OS.HI/c1-13-17(25-14(2)23-13)11-21-18(20-3)22-12-19(9-10-19)15-7-5-6-8-16(15)24-4;/h5-8H,9-12H2,1-4H3,(H2,20,21,22);1H. The van der Waals surface area contributed by atoms with Crippen molar-refractivity contribution in [3.8, 4) is 5.75 Å². The molecule has 0 radical (unpaired) electrons. The van der Waals surface area contributed by atoms with Crippen LogP contribution in [0.15, 0.2) is 29.3 Å². The molecule has 2 N–H and O–H groups in total. The number of aryl methyl sites for hydroxylation is 2. The molecular formula is C19H27IN4OS. The first kappa shape index (κ1) is 21.0. The maximum Gasteiger partial charge on any atom is 0.191 e. The van der Waals surface area contributed by atoms with Crippen molar-refractivity contribution in [1.82, 2.24) is 15.6 Å². The Morgan fingerprint density at radius 2 is 2.00 bits per heavy atom. The molecule has 0 aliphatic heterocycles. The predicted molar refractivity (Wildman–Crippen MR) is 119 cm³/mol. The summed E-state index contributed by atoms with van der Waals surface area (Å²) in [4.78, 5) is 10.1. The highest BCUT2D eigenvalue weighted by Gasteiger charge is 2.46. The Balaban J connectivity index is 0.00000243. The van der Waals surface area contributed by atoms with Crippen LogP contribution in [-0.4, -0.2) is 31.6 Å². The van der Waals surface area contributed by atoms with E-state index in [0.29, 0.717) is 0 Å². The molecule has 1 aliphatic carbocycles. The van der Waals surface area contributed by atoms with Crippen molar-refractivity contribution in [2.24, 2.45) is 4.99 Å². The van der Waals surface area contributed by atoms with E-state index in [2.05, 4.69) is 39.7 Å². The number of aliphatic imine (C=N–C) groups is 1. The molecule has 3 rings (SSSR count). The lowest BCUT2D eigenvalue weighted by Gasteiger charge is -2.21. The van der Waals surface area contributed by atoms with Crippen molar-refractivity contribution >= 4 is 41.3 Å². The Hall–Kier alpha value is -1.35. The van der Waals surface area contributed by atoms with Gasteiger partial charge in [0.05, 0.1) is 24.4 Å². The number of guanidine groups is 1. The van der Waals surface area contributed by atoms with E-state index in [1.807, 2.05) is 26.1 Å². The van der Waals surface area contributed by atoms with Crippen molar-refractivity contribution in [3.05, 3.63) is 45.4 Å². The van der Waals surface area contributed by atoms with Crippen LogP contribution in [0.2, 0.25) is 0 Å². The number of methoxy groups -OCH3 is 1. The number of thiazole rings is 1. The molecule has 1 saturated carbocycles. The van der Waals surface area contributed by atoms with Crippen LogP contribution in [0.25, 0.3) is 0 Å². The molecule has 0 bridgehead atoms. The summed E-state index contributed by atoms with van der Waals surface area (Å²) < 4.78 is 5.55. The third-order valence-corrected chi connectivity index (χ3v) is 5.84. The molecule has 26 heavy (non-hydrogen) atoms. The van der Waals surface area contributed by atoms with Gasteiger partial charge >= 0.3 is 0 Å². The van der Waals surface area contributed by atoms with Gasteiger partial charge in [-0.05, 0) is 32.8 Å². The molecule has 0 unspecified atom stereocenters. The number of nitrogens with one attached hydrogen (secondary N) is 2. The Bertz CT molecular complexity index is 771. The highest BCUT2D eigenvalue weighted by atomic mass is 127. The maximum absolute atomic E-state index is 5.55. The van der Waals surface area contributed by atoms with E-state index >= 15 is 0 Å². The van der Waals surface area contributed by atoms with E-state index in [4.69, 9.17) is 4.74 Å². The largest absolute Gasteiger partial charge is 0.496 e. The van der Waals surface area contributed by atoms with Gasteiger partial charge in [-0.2, -0.15) is 0 Å². The number of hydrogen-bond acceptors (Lipinski definition) is 4. The zero-order valence-electron chi connectivity index (χ0n) is 15.8. The number of halogens is 1. The Morgan fingerprint density at radius 3 is 2.58 bits per heavy atom. The second-order valence-corrected chi connectivity index (χ2v) is 7.79. The Labute approximate surface area is 176 Å². The molecule has 1 aromatic heterocycles. The smallest absolute Gasteiger partial charge is 0.191 e. The second-order valence-electron chi connectivity index (χ2n) is 6.50. The number of hydrogen-bond donors (Lipinski definition) is 2. The van der Waals surface area contributed by atoms with Gasteiger partial charge in [0.1, 0.15) is 5.75 Å². The van der Waals surface area contributed by atoms with E-state index in [1.54, 1.807) is 18.4 Å². The van der Waals surface area contributed by atoms with Crippen LogP contribution < -0.4 is 15.4 Å². The van der Waals surface area contributed by atoms with Crippen LogP contribution in [0.5, 0.6) is 5.75 Å². The minimum absolute atomic E-state index is 0. The quantitative estimate of drug-likeness (QED) is 0.371. The molecule has 0 amide bonds. The van der Waals surface area contributed by atoms with Crippen molar-refractivity contribution in [2.75, 3.05) is 20.7 Å². The summed E-state index contributed by atoms with van der Waals surface area (Å²) in [5.74, 6) is 1.80. The molecule has 142 valence electrons. The third kappa shape index (κ3) is 4.68. The summed E-state index contributed by atoms with van der Waals surface area (Å²) in [6.45, 7) is 5.70. The van der Waals surface area contributed by atoms with Crippen molar-refractivity contribution in [3.63, 3.8) is 0 Å². The van der Waals surface area contributed by atoms with Crippen LogP contribution in [0.4, 0.5) is 0 Å². The van der Waals surface area contributed by atoms with Gasteiger partial charge in [-0.3, -0.25) is 4.99 Å². The fourth-order valence-corrected chi connectivity index (χ4v) is 4.03. The first-order valence-electron chi connectivity index (χ1n) is 8.59. The van der Waals surface area contributed by atoms with Crippen LogP contribution in [0.3, 0.4) is 0 Å². The molecule has 7 heteroatoms. The lowest BCUT2D eigenvalue weighted by atomic mass is 9.95. The van der Waals surface area contributed by atoms with Gasteiger partial charge < -0.3 is 15.4 Å². The van der Waals surface area contributed by atoms with Gasteiger partial charge in [-0.25, -0.2) is 4.98 Å². The molecule has 0 spiro atoms. The summed E-state index contributed by atoms with van der Waals surface area (Å²) in [6, 6.07) is 8.32. The molecule has 1 aromatic carbocycles. The summed E-state index contributed by atoms with van der Waals surface area (Å²) in [5.41, 5.74) is 2.54. The average Bonchev–Trinajstić information content (AvgIpc) is 3.34. The van der Waals surface area contributed by atoms with Gasteiger partial charge in [0.2, 0.25) is 0 Å². The fourth-order valence-electron chi connectivity index (χ4n) is 3.15. The highest BCUT2D eigenvalue weighted by molar-refractivity contribution is 14.0. The van der Waals surface area contributed by atoms with Crippen LogP contribution >= 0.6 is 35.3 Å². The normalized spacial score (nSPS) is 15.2. The SMILES string of the molecule is CN=C(NCc1sc(C)nc1C)NCC1(c2ccccc2OC)CC1.I. The average molecular weight is 486 g/mol. The molecule has 0 atom stereocenters. The summed E-state index contributed by atoms with van der Waals surface area (Å²) in [7, 11) is 3.55. The highest BCUT2D eigenvalue weighted by Crippen LogP contribution is 2.50. The van der Waals surface area contributed by atoms with Crippen molar-refractivity contribution < 1.29 is 4.74 Å². The van der Waals surface area contributed by atoms with Crippen LogP contribution in [0, 0.1) is 13.8 Å². The molecule has 1 aliphatic rings. The lowest BCUT2D eigenvalue weighted by Crippen LogP contribution is -2.40. The number of para-hydroxylation sites is 1. The van der Waals surface area contributed by atoms with Gasteiger partial charge in [-0.15, -0.1) is 35.3 Å². The molecule has 5 nitrogen and oxygen atoms in total. The number of rotatable bonds is 6. The minimum atomic E-state index is 0. The summed E-state index contributed by atoms with van der Waals surface area (Å²) >= 11 is 1.73.